The van der Waals surface area contributed by atoms with E-state index in [4.69, 9.17) is 11.6 Å². The summed E-state index contributed by atoms with van der Waals surface area (Å²) in [5, 5.41) is 5.35. The third-order valence-electron chi connectivity index (χ3n) is 6.47. The van der Waals surface area contributed by atoms with Gasteiger partial charge in [0.25, 0.3) is 0 Å². The van der Waals surface area contributed by atoms with Gasteiger partial charge < -0.3 is 9.80 Å². The Bertz CT molecular complexity index is 1000. The first-order chi connectivity index (χ1) is 14.9. The van der Waals surface area contributed by atoms with Gasteiger partial charge >= 0.3 is 0 Å². The Morgan fingerprint density at radius 2 is 1.77 bits per heavy atom. The SMILES string of the molecule is Cc1nn(Cc2ccccc2Cl)c(C)c1/C=C/C(=O)N1CCN(C(=O)C2CCC2)CC1. The van der Waals surface area contributed by atoms with Crippen LogP contribution in [0.2, 0.25) is 5.02 Å². The van der Waals surface area contributed by atoms with E-state index >= 15 is 0 Å². The predicted molar refractivity (Wildman–Crippen MR) is 122 cm³/mol. The van der Waals surface area contributed by atoms with Gasteiger partial charge in [0.05, 0.1) is 12.2 Å². The molecule has 0 bridgehead atoms. The molecule has 1 aromatic carbocycles. The second-order valence-electron chi connectivity index (χ2n) is 8.45. The van der Waals surface area contributed by atoms with Crippen LogP contribution in [0.1, 0.15) is 41.8 Å². The van der Waals surface area contributed by atoms with E-state index in [1.165, 1.54) is 0 Å². The Hall–Kier alpha value is -2.60. The quantitative estimate of drug-likeness (QED) is 0.666. The normalized spacial score (nSPS) is 17.3. The number of halogens is 1. The maximum absolute atomic E-state index is 12.7. The van der Waals surface area contributed by atoms with Gasteiger partial charge in [0.15, 0.2) is 0 Å². The monoisotopic (exact) mass is 440 g/mol. The van der Waals surface area contributed by atoms with Crippen LogP contribution in [0.15, 0.2) is 30.3 Å². The third-order valence-corrected chi connectivity index (χ3v) is 6.83. The van der Waals surface area contributed by atoms with Crippen molar-refractivity contribution < 1.29 is 9.59 Å². The first kappa shape index (κ1) is 21.6. The molecule has 1 aliphatic heterocycles. The van der Waals surface area contributed by atoms with Gasteiger partial charge in [-0.2, -0.15) is 5.10 Å². The molecule has 0 spiro atoms. The maximum atomic E-state index is 12.7. The summed E-state index contributed by atoms with van der Waals surface area (Å²) in [6.07, 6.45) is 6.68. The minimum atomic E-state index is -0.0200. The molecule has 1 aromatic heterocycles. The molecule has 1 aliphatic carbocycles. The van der Waals surface area contributed by atoms with Crippen molar-refractivity contribution in [3.05, 3.63) is 57.9 Å². The summed E-state index contributed by atoms with van der Waals surface area (Å²) in [7, 11) is 0. The summed E-state index contributed by atoms with van der Waals surface area (Å²) in [5.41, 5.74) is 3.84. The van der Waals surface area contributed by atoms with Crippen LogP contribution in [0.3, 0.4) is 0 Å². The highest BCUT2D eigenvalue weighted by Crippen LogP contribution is 2.28. The molecule has 0 atom stereocenters. The van der Waals surface area contributed by atoms with Gasteiger partial charge in [0.2, 0.25) is 11.8 Å². The van der Waals surface area contributed by atoms with E-state index < -0.39 is 0 Å². The van der Waals surface area contributed by atoms with Crippen molar-refractivity contribution in [2.75, 3.05) is 26.2 Å². The molecule has 7 heteroatoms. The highest BCUT2D eigenvalue weighted by molar-refractivity contribution is 6.31. The van der Waals surface area contributed by atoms with Gasteiger partial charge in [-0.05, 0) is 44.4 Å². The fourth-order valence-corrected chi connectivity index (χ4v) is 4.41. The number of amides is 2. The number of carbonyl (C=O) groups excluding carboxylic acids is 2. The lowest BCUT2D eigenvalue weighted by Crippen LogP contribution is -2.52. The predicted octanol–water partition coefficient (Wildman–Crippen LogP) is 3.69. The number of hydrogen-bond acceptors (Lipinski definition) is 3. The first-order valence-corrected chi connectivity index (χ1v) is 11.3. The topological polar surface area (TPSA) is 58.4 Å². The average Bonchev–Trinajstić information content (AvgIpc) is 2.99. The maximum Gasteiger partial charge on any atom is 0.246 e. The van der Waals surface area contributed by atoms with Crippen molar-refractivity contribution >= 4 is 29.5 Å². The van der Waals surface area contributed by atoms with Gasteiger partial charge in [0.1, 0.15) is 0 Å². The number of carbonyl (C=O) groups is 2. The van der Waals surface area contributed by atoms with Crippen LogP contribution in [0.4, 0.5) is 0 Å². The van der Waals surface area contributed by atoms with Crippen LogP contribution in [0, 0.1) is 19.8 Å². The van der Waals surface area contributed by atoms with Crippen LogP contribution in [-0.2, 0) is 16.1 Å². The molecular weight excluding hydrogens is 412 g/mol. The lowest BCUT2D eigenvalue weighted by atomic mass is 9.84. The molecular formula is C24H29ClN4O2. The number of benzene rings is 1. The summed E-state index contributed by atoms with van der Waals surface area (Å²) < 4.78 is 1.92. The Morgan fingerprint density at radius 1 is 1.10 bits per heavy atom. The molecule has 0 radical (unpaired) electrons. The first-order valence-electron chi connectivity index (χ1n) is 11.0. The molecule has 2 aromatic rings. The van der Waals surface area contributed by atoms with Crippen LogP contribution in [-0.4, -0.2) is 57.6 Å². The van der Waals surface area contributed by atoms with Crippen LogP contribution < -0.4 is 0 Å². The molecule has 0 unspecified atom stereocenters. The van der Waals surface area contributed by atoms with Crippen molar-refractivity contribution in [1.29, 1.82) is 0 Å². The number of aryl methyl sites for hydroxylation is 1. The summed E-state index contributed by atoms with van der Waals surface area (Å²) in [6.45, 7) is 6.98. The fourth-order valence-electron chi connectivity index (χ4n) is 4.21. The lowest BCUT2D eigenvalue weighted by Gasteiger charge is -2.37. The Morgan fingerprint density at radius 3 is 2.42 bits per heavy atom. The summed E-state index contributed by atoms with van der Waals surface area (Å²) in [6, 6.07) is 7.75. The zero-order valence-electron chi connectivity index (χ0n) is 18.2. The van der Waals surface area contributed by atoms with Crippen LogP contribution in [0.5, 0.6) is 0 Å². The fraction of sp³-hybridized carbons (Fsp3) is 0.458. The van der Waals surface area contributed by atoms with Gasteiger partial charge in [-0.25, -0.2) is 0 Å². The van der Waals surface area contributed by atoms with E-state index in [2.05, 4.69) is 5.10 Å². The lowest BCUT2D eigenvalue weighted by molar-refractivity contribution is -0.142. The molecule has 1 saturated carbocycles. The number of hydrogen-bond donors (Lipinski definition) is 0. The van der Waals surface area contributed by atoms with Gasteiger partial charge in [-0.3, -0.25) is 14.3 Å². The summed E-state index contributed by atoms with van der Waals surface area (Å²) >= 11 is 6.29. The number of aromatic nitrogens is 2. The molecule has 2 heterocycles. The largest absolute Gasteiger partial charge is 0.339 e. The van der Waals surface area contributed by atoms with Crippen molar-refractivity contribution in [2.24, 2.45) is 5.92 Å². The van der Waals surface area contributed by atoms with Gasteiger partial charge in [-0.15, -0.1) is 0 Å². The van der Waals surface area contributed by atoms with E-state index in [9.17, 15) is 9.59 Å². The molecule has 164 valence electrons. The standard InChI is InChI=1S/C24H29ClN4O2/c1-17-21(18(2)29(26-17)16-20-6-3-4-9-22(20)25)10-11-23(30)27-12-14-28(15-13-27)24(31)19-7-5-8-19/h3-4,6,9-11,19H,5,7-8,12-16H2,1-2H3/b11-10+. The molecule has 2 amide bonds. The Kier molecular flexibility index (Phi) is 6.46. The van der Waals surface area contributed by atoms with Crippen molar-refractivity contribution in [3.63, 3.8) is 0 Å². The van der Waals surface area contributed by atoms with Crippen LogP contribution in [0.25, 0.3) is 6.08 Å². The second kappa shape index (κ2) is 9.27. The molecule has 2 fully saturated rings. The number of rotatable bonds is 5. The van der Waals surface area contributed by atoms with E-state index in [1.807, 2.05) is 58.7 Å². The van der Waals surface area contributed by atoms with E-state index in [1.54, 1.807) is 6.08 Å². The Balaban J connectivity index is 1.37. The summed E-state index contributed by atoms with van der Waals surface area (Å²) in [5.74, 6) is 0.467. The molecule has 4 rings (SSSR count). The van der Waals surface area contributed by atoms with Gasteiger partial charge in [-0.1, -0.05) is 36.2 Å². The van der Waals surface area contributed by atoms with E-state index in [-0.39, 0.29) is 17.7 Å². The average molecular weight is 441 g/mol. The van der Waals surface area contributed by atoms with Gasteiger partial charge in [0, 0.05) is 54.5 Å². The Labute approximate surface area is 188 Å². The molecule has 6 nitrogen and oxygen atoms in total. The molecule has 2 aliphatic rings. The second-order valence-corrected chi connectivity index (χ2v) is 8.85. The summed E-state index contributed by atoms with van der Waals surface area (Å²) in [4.78, 5) is 28.8. The molecule has 31 heavy (non-hydrogen) atoms. The highest BCUT2D eigenvalue weighted by atomic mass is 35.5. The smallest absolute Gasteiger partial charge is 0.246 e. The third kappa shape index (κ3) is 4.69. The number of piperazine rings is 1. The minimum absolute atomic E-state index is 0.0200. The van der Waals surface area contributed by atoms with Crippen LogP contribution >= 0.6 is 11.6 Å². The van der Waals surface area contributed by atoms with E-state index in [0.29, 0.717) is 32.7 Å². The molecule has 1 saturated heterocycles. The number of nitrogens with zero attached hydrogens (tertiary/aromatic N) is 4. The molecule has 0 N–H and O–H groups in total. The highest BCUT2D eigenvalue weighted by Gasteiger charge is 2.31. The van der Waals surface area contributed by atoms with Crippen molar-refractivity contribution in [2.45, 2.75) is 39.7 Å². The zero-order valence-corrected chi connectivity index (χ0v) is 18.9. The minimum Gasteiger partial charge on any atom is -0.339 e. The van der Waals surface area contributed by atoms with Crippen molar-refractivity contribution in [1.82, 2.24) is 19.6 Å². The zero-order chi connectivity index (χ0) is 22.0. The van der Waals surface area contributed by atoms with Crippen molar-refractivity contribution in [3.8, 4) is 0 Å². The van der Waals surface area contributed by atoms with E-state index in [0.717, 1.165) is 46.8 Å².